The summed E-state index contributed by atoms with van der Waals surface area (Å²) in [7, 11) is 0. The molecule has 0 radical (unpaired) electrons. The lowest BCUT2D eigenvalue weighted by Crippen LogP contribution is -1.97. The third kappa shape index (κ3) is 2.99. The summed E-state index contributed by atoms with van der Waals surface area (Å²) in [6.45, 7) is 2.55. The standard InChI is InChI=1S/C10H12BrFO/c1-2-5-13-10-4-3-8(7-11)6-9(10)12/h3-4,6H,2,5,7H2,1H3. The summed E-state index contributed by atoms with van der Waals surface area (Å²) in [6, 6.07) is 5.00. The van der Waals surface area contributed by atoms with E-state index in [2.05, 4.69) is 15.9 Å². The first kappa shape index (κ1) is 10.5. The molecule has 0 saturated carbocycles. The van der Waals surface area contributed by atoms with Crippen molar-refractivity contribution in [1.29, 1.82) is 0 Å². The summed E-state index contributed by atoms with van der Waals surface area (Å²) in [5.41, 5.74) is 0.918. The second-order valence-corrected chi connectivity index (χ2v) is 3.31. The third-order valence-electron chi connectivity index (χ3n) is 1.61. The van der Waals surface area contributed by atoms with Gasteiger partial charge in [0.15, 0.2) is 11.6 Å². The monoisotopic (exact) mass is 246 g/mol. The van der Waals surface area contributed by atoms with Gasteiger partial charge in [-0.3, -0.25) is 0 Å². The van der Waals surface area contributed by atoms with Gasteiger partial charge in [-0.25, -0.2) is 4.39 Å². The largest absolute Gasteiger partial charge is 0.491 e. The Balaban J connectivity index is 2.73. The lowest BCUT2D eigenvalue weighted by atomic mass is 10.2. The van der Waals surface area contributed by atoms with Crippen LogP contribution in [0.2, 0.25) is 0 Å². The highest BCUT2D eigenvalue weighted by atomic mass is 79.9. The highest BCUT2D eigenvalue weighted by Gasteiger charge is 2.03. The Labute approximate surface area is 86.0 Å². The fourth-order valence-electron chi connectivity index (χ4n) is 0.957. The van der Waals surface area contributed by atoms with Gasteiger partial charge in [-0.05, 0) is 24.1 Å². The molecule has 13 heavy (non-hydrogen) atoms. The van der Waals surface area contributed by atoms with Gasteiger partial charge in [0.2, 0.25) is 0 Å². The molecule has 0 saturated heterocycles. The van der Waals surface area contributed by atoms with Crippen LogP contribution in [0.3, 0.4) is 0 Å². The normalized spacial score (nSPS) is 10.1. The molecule has 0 aliphatic heterocycles. The van der Waals surface area contributed by atoms with Crippen molar-refractivity contribution in [3.05, 3.63) is 29.6 Å². The Morgan fingerprint density at radius 2 is 2.23 bits per heavy atom. The minimum Gasteiger partial charge on any atom is -0.491 e. The van der Waals surface area contributed by atoms with Crippen molar-refractivity contribution in [3.63, 3.8) is 0 Å². The van der Waals surface area contributed by atoms with Crippen LogP contribution in [-0.4, -0.2) is 6.61 Å². The smallest absolute Gasteiger partial charge is 0.165 e. The Morgan fingerprint density at radius 3 is 2.77 bits per heavy atom. The van der Waals surface area contributed by atoms with Crippen LogP contribution in [0.4, 0.5) is 4.39 Å². The predicted molar refractivity (Wildman–Crippen MR) is 54.8 cm³/mol. The summed E-state index contributed by atoms with van der Waals surface area (Å²) in [4.78, 5) is 0. The van der Waals surface area contributed by atoms with Gasteiger partial charge in [-0.1, -0.05) is 28.9 Å². The van der Waals surface area contributed by atoms with E-state index in [-0.39, 0.29) is 5.82 Å². The van der Waals surface area contributed by atoms with Gasteiger partial charge in [0.25, 0.3) is 0 Å². The number of hydrogen-bond acceptors (Lipinski definition) is 1. The molecule has 1 aromatic carbocycles. The maximum atomic E-state index is 13.2. The number of benzene rings is 1. The third-order valence-corrected chi connectivity index (χ3v) is 2.26. The van der Waals surface area contributed by atoms with E-state index in [0.717, 1.165) is 12.0 Å². The topological polar surface area (TPSA) is 9.23 Å². The molecular weight excluding hydrogens is 235 g/mol. The van der Waals surface area contributed by atoms with Crippen LogP contribution in [-0.2, 0) is 5.33 Å². The van der Waals surface area contributed by atoms with Crippen LogP contribution < -0.4 is 4.74 Å². The molecule has 0 N–H and O–H groups in total. The summed E-state index contributed by atoms with van der Waals surface area (Å²) in [5.74, 6) is 0.0527. The van der Waals surface area contributed by atoms with Crippen molar-refractivity contribution in [1.82, 2.24) is 0 Å². The second kappa shape index (κ2) is 5.22. The summed E-state index contributed by atoms with van der Waals surface area (Å²) in [5, 5.41) is 0.665. The summed E-state index contributed by atoms with van der Waals surface area (Å²) >= 11 is 3.26. The van der Waals surface area contributed by atoms with Crippen LogP contribution in [0, 0.1) is 5.82 Å². The zero-order valence-corrected chi connectivity index (χ0v) is 9.10. The van der Waals surface area contributed by atoms with Crippen molar-refractivity contribution < 1.29 is 9.13 Å². The number of halogens is 2. The van der Waals surface area contributed by atoms with Crippen molar-refractivity contribution in [2.24, 2.45) is 0 Å². The quantitative estimate of drug-likeness (QED) is 0.740. The molecule has 0 aliphatic rings. The highest BCUT2D eigenvalue weighted by molar-refractivity contribution is 9.08. The highest BCUT2D eigenvalue weighted by Crippen LogP contribution is 2.19. The average molecular weight is 247 g/mol. The molecule has 0 spiro atoms. The van der Waals surface area contributed by atoms with Crippen LogP contribution in [0.5, 0.6) is 5.75 Å². The van der Waals surface area contributed by atoms with E-state index in [1.165, 1.54) is 6.07 Å². The Morgan fingerprint density at radius 1 is 1.46 bits per heavy atom. The average Bonchev–Trinajstić information content (AvgIpc) is 2.16. The molecule has 0 fully saturated rings. The van der Waals surface area contributed by atoms with Gasteiger partial charge in [-0.15, -0.1) is 0 Å². The molecule has 0 atom stereocenters. The molecule has 0 amide bonds. The maximum Gasteiger partial charge on any atom is 0.165 e. The van der Waals surface area contributed by atoms with Crippen LogP contribution in [0.15, 0.2) is 18.2 Å². The van der Waals surface area contributed by atoms with E-state index < -0.39 is 0 Å². The Hall–Kier alpha value is -0.570. The van der Waals surface area contributed by atoms with Gasteiger partial charge >= 0.3 is 0 Å². The second-order valence-electron chi connectivity index (χ2n) is 2.75. The van der Waals surface area contributed by atoms with Gasteiger partial charge in [0.05, 0.1) is 6.61 Å². The van der Waals surface area contributed by atoms with Crippen LogP contribution in [0.1, 0.15) is 18.9 Å². The van der Waals surface area contributed by atoms with E-state index in [0.29, 0.717) is 17.7 Å². The van der Waals surface area contributed by atoms with Gasteiger partial charge in [0.1, 0.15) is 0 Å². The number of ether oxygens (including phenoxy) is 1. The lowest BCUT2D eigenvalue weighted by molar-refractivity contribution is 0.301. The predicted octanol–water partition coefficient (Wildman–Crippen LogP) is 3.51. The minimum atomic E-state index is -0.287. The number of alkyl halides is 1. The van der Waals surface area contributed by atoms with Crippen LogP contribution in [0.25, 0.3) is 0 Å². The number of hydrogen-bond donors (Lipinski definition) is 0. The van der Waals surface area contributed by atoms with E-state index in [1.54, 1.807) is 6.07 Å². The first-order valence-corrected chi connectivity index (χ1v) is 5.37. The molecule has 0 aromatic heterocycles. The molecule has 0 unspecified atom stereocenters. The summed E-state index contributed by atoms with van der Waals surface area (Å²) in [6.07, 6.45) is 0.889. The van der Waals surface area contributed by atoms with E-state index in [1.807, 2.05) is 13.0 Å². The van der Waals surface area contributed by atoms with Crippen molar-refractivity contribution in [2.75, 3.05) is 6.61 Å². The zero-order chi connectivity index (χ0) is 9.68. The fourth-order valence-corrected chi connectivity index (χ4v) is 1.31. The Bertz CT molecular complexity index is 276. The first-order valence-electron chi connectivity index (χ1n) is 4.25. The van der Waals surface area contributed by atoms with Gasteiger partial charge in [-0.2, -0.15) is 0 Å². The molecule has 0 heterocycles. The summed E-state index contributed by atoms with van der Waals surface area (Å²) < 4.78 is 18.4. The maximum absolute atomic E-state index is 13.2. The van der Waals surface area contributed by atoms with E-state index >= 15 is 0 Å². The van der Waals surface area contributed by atoms with Gasteiger partial charge in [0, 0.05) is 5.33 Å². The molecule has 1 nitrogen and oxygen atoms in total. The molecule has 1 rings (SSSR count). The van der Waals surface area contributed by atoms with Gasteiger partial charge < -0.3 is 4.74 Å². The van der Waals surface area contributed by atoms with E-state index in [9.17, 15) is 4.39 Å². The fraction of sp³-hybridized carbons (Fsp3) is 0.400. The Kier molecular flexibility index (Phi) is 4.22. The molecule has 72 valence electrons. The first-order chi connectivity index (χ1) is 6.27. The van der Waals surface area contributed by atoms with Crippen LogP contribution >= 0.6 is 15.9 Å². The lowest BCUT2D eigenvalue weighted by Gasteiger charge is -2.06. The number of rotatable bonds is 4. The molecule has 0 aliphatic carbocycles. The van der Waals surface area contributed by atoms with Crippen molar-refractivity contribution in [2.45, 2.75) is 18.7 Å². The minimum absolute atomic E-state index is 0.287. The van der Waals surface area contributed by atoms with Crippen molar-refractivity contribution in [3.8, 4) is 5.75 Å². The molecule has 3 heteroatoms. The van der Waals surface area contributed by atoms with Crippen molar-refractivity contribution >= 4 is 15.9 Å². The molecule has 1 aromatic rings. The van der Waals surface area contributed by atoms with E-state index in [4.69, 9.17) is 4.74 Å². The molecule has 0 bridgehead atoms. The zero-order valence-electron chi connectivity index (χ0n) is 7.52. The SMILES string of the molecule is CCCOc1ccc(CBr)cc1F. The molecular formula is C10H12BrFO.